The molecule has 1 aliphatic carbocycles. The van der Waals surface area contributed by atoms with Crippen LogP contribution in [0.3, 0.4) is 0 Å². The van der Waals surface area contributed by atoms with Gasteiger partial charge in [-0.1, -0.05) is 6.92 Å². The number of amides is 1. The maximum atomic E-state index is 12.6. The van der Waals surface area contributed by atoms with E-state index in [1.54, 1.807) is 18.2 Å². The number of nitrogens with zero attached hydrogens (tertiary/aromatic N) is 2. The smallest absolute Gasteiger partial charge is 0.338 e. The van der Waals surface area contributed by atoms with Gasteiger partial charge in [-0.25, -0.2) is 9.78 Å². The minimum absolute atomic E-state index is 0.282. The normalized spacial score (nSPS) is 16.7. The average molecular weight is 409 g/mol. The summed E-state index contributed by atoms with van der Waals surface area (Å²) in [7, 11) is 0. The number of rotatable bonds is 4. The van der Waals surface area contributed by atoms with E-state index < -0.39 is 18.0 Å². The first-order chi connectivity index (χ1) is 14.0. The Morgan fingerprint density at radius 3 is 3.07 bits per heavy atom. The first-order valence-corrected chi connectivity index (χ1v) is 10.2. The summed E-state index contributed by atoms with van der Waals surface area (Å²) in [6, 6.07) is 6.95. The van der Waals surface area contributed by atoms with Crippen LogP contribution in [0.4, 0.5) is 5.00 Å². The van der Waals surface area contributed by atoms with Crippen molar-refractivity contribution >= 4 is 39.3 Å². The SMILES string of the molecule is CC1CCc2c(sc(NC(=O)C(C)OC(=O)c3ccc4ocnc4c3)c2C#N)C1. The highest BCUT2D eigenvalue weighted by Gasteiger charge is 2.26. The highest BCUT2D eigenvalue weighted by molar-refractivity contribution is 7.16. The summed E-state index contributed by atoms with van der Waals surface area (Å²) in [6.07, 6.45) is 3.08. The molecule has 4 rings (SSSR count). The Morgan fingerprint density at radius 1 is 1.45 bits per heavy atom. The number of thiophene rings is 1. The van der Waals surface area contributed by atoms with Crippen molar-refractivity contribution in [1.82, 2.24) is 4.98 Å². The van der Waals surface area contributed by atoms with Gasteiger partial charge in [0.25, 0.3) is 5.91 Å². The summed E-state index contributed by atoms with van der Waals surface area (Å²) in [5, 5.41) is 12.8. The highest BCUT2D eigenvalue weighted by Crippen LogP contribution is 2.39. The molecule has 148 valence electrons. The number of esters is 1. The number of benzene rings is 1. The maximum Gasteiger partial charge on any atom is 0.338 e. The largest absolute Gasteiger partial charge is 0.449 e. The summed E-state index contributed by atoms with van der Waals surface area (Å²) in [6.45, 7) is 3.69. The molecule has 3 aromatic rings. The van der Waals surface area contributed by atoms with Crippen molar-refractivity contribution in [3.05, 3.63) is 46.2 Å². The van der Waals surface area contributed by atoms with Crippen molar-refractivity contribution < 1.29 is 18.7 Å². The van der Waals surface area contributed by atoms with Crippen LogP contribution in [-0.2, 0) is 22.4 Å². The van der Waals surface area contributed by atoms with Crippen molar-refractivity contribution in [3.63, 3.8) is 0 Å². The van der Waals surface area contributed by atoms with Gasteiger partial charge in [-0.2, -0.15) is 5.26 Å². The molecule has 0 spiro atoms. The predicted molar refractivity (Wildman–Crippen MR) is 108 cm³/mol. The fourth-order valence-corrected chi connectivity index (χ4v) is 4.80. The Morgan fingerprint density at radius 2 is 2.28 bits per heavy atom. The van der Waals surface area contributed by atoms with Crippen LogP contribution >= 0.6 is 11.3 Å². The zero-order valence-corrected chi connectivity index (χ0v) is 16.8. The number of nitriles is 1. The van der Waals surface area contributed by atoms with E-state index in [2.05, 4.69) is 23.3 Å². The van der Waals surface area contributed by atoms with Gasteiger partial charge in [-0.15, -0.1) is 11.3 Å². The first-order valence-electron chi connectivity index (χ1n) is 9.36. The van der Waals surface area contributed by atoms with Crippen LogP contribution in [0, 0.1) is 17.2 Å². The van der Waals surface area contributed by atoms with Crippen LogP contribution in [0.2, 0.25) is 0 Å². The molecule has 8 heteroatoms. The molecule has 0 bridgehead atoms. The topological polar surface area (TPSA) is 105 Å². The van der Waals surface area contributed by atoms with Crippen molar-refractivity contribution in [3.8, 4) is 6.07 Å². The lowest BCUT2D eigenvalue weighted by Crippen LogP contribution is -2.30. The molecular formula is C21H19N3O4S. The molecule has 0 aliphatic heterocycles. The molecule has 0 saturated carbocycles. The van der Waals surface area contributed by atoms with Gasteiger partial charge in [0.05, 0.1) is 11.1 Å². The lowest BCUT2D eigenvalue weighted by Gasteiger charge is -2.17. The van der Waals surface area contributed by atoms with Crippen LogP contribution in [0.5, 0.6) is 0 Å². The predicted octanol–water partition coefficient (Wildman–Crippen LogP) is 4.07. The minimum Gasteiger partial charge on any atom is -0.449 e. The minimum atomic E-state index is -1.01. The van der Waals surface area contributed by atoms with E-state index >= 15 is 0 Å². The molecule has 0 saturated heterocycles. The summed E-state index contributed by atoms with van der Waals surface area (Å²) in [5.74, 6) is -0.528. The lowest BCUT2D eigenvalue weighted by molar-refractivity contribution is -0.123. The summed E-state index contributed by atoms with van der Waals surface area (Å²) in [4.78, 5) is 30.1. The standard InChI is InChI=1S/C21H19N3O4S/c1-11-3-5-14-15(9-22)20(29-18(14)7-11)24-19(25)12(2)28-21(26)13-4-6-17-16(8-13)23-10-27-17/h4,6,8,10-12H,3,5,7H2,1-2H3,(H,24,25). The van der Waals surface area contributed by atoms with Crippen LogP contribution in [0.25, 0.3) is 11.1 Å². The molecule has 1 aliphatic rings. The van der Waals surface area contributed by atoms with E-state index in [0.717, 1.165) is 29.7 Å². The van der Waals surface area contributed by atoms with Gasteiger partial charge in [-0.05, 0) is 55.9 Å². The molecule has 1 aromatic carbocycles. The monoisotopic (exact) mass is 409 g/mol. The van der Waals surface area contributed by atoms with Gasteiger partial charge in [-0.3, -0.25) is 4.79 Å². The molecule has 29 heavy (non-hydrogen) atoms. The molecule has 7 nitrogen and oxygen atoms in total. The number of carbonyl (C=O) groups is 2. The van der Waals surface area contributed by atoms with Crippen LogP contribution in [0.15, 0.2) is 29.0 Å². The Balaban J connectivity index is 1.46. The zero-order chi connectivity index (χ0) is 20.5. The molecule has 1 amide bonds. The number of nitrogens with one attached hydrogen (secondary N) is 1. The van der Waals surface area contributed by atoms with Gasteiger partial charge in [0.1, 0.15) is 16.6 Å². The fourth-order valence-electron chi connectivity index (χ4n) is 3.44. The molecule has 2 unspecified atom stereocenters. The van der Waals surface area contributed by atoms with Crippen molar-refractivity contribution in [2.24, 2.45) is 5.92 Å². The van der Waals surface area contributed by atoms with Crippen LogP contribution < -0.4 is 5.32 Å². The molecule has 1 N–H and O–H groups in total. The van der Waals surface area contributed by atoms with Crippen LogP contribution in [0.1, 0.15) is 46.6 Å². The second-order valence-electron chi connectivity index (χ2n) is 7.24. The molecule has 2 heterocycles. The van der Waals surface area contributed by atoms with E-state index in [4.69, 9.17) is 9.15 Å². The summed E-state index contributed by atoms with van der Waals surface area (Å²) >= 11 is 1.44. The van der Waals surface area contributed by atoms with Gasteiger partial charge in [0, 0.05) is 4.88 Å². The molecule has 0 fully saturated rings. The van der Waals surface area contributed by atoms with Crippen molar-refractivity contribution in [1.29, 1.82) is 5.26 Å². The Kier molecular flexibility index (Phi) is 5.07. The third-order valence-corrected chi connectivity index (χ3v) is 6.25. The summed E-state index contributed by atoms with van der Waals surface area (Å²) in [5.41, 5.74) is 2.95. The first kappa shape index (κ1) is 19.2. The Labute approximate surface area is 171 Å². The van der Waals surface area contributed by atoms with E-state index in [9.17, 15) is 14.9 Å². The number of oxazole rings is 1. The second-order valence-corrected chi connectivity index (χ2v) is 8.34. The zero-order valence-electron chi connectivity index (χ0n) is 16.0. The third kappa shape index (κ3) is 3.74. The summed E-state index contributed by atoms with van der Waals surface area (Å²) < 4.78 is 10.4. The number of anilines is 1. The van der Waals surface area contributed by atoms with E-state index in [0.29, 0.717) is 27.6 Å². The number of fused-ring (bicyclic) bond motifs is 2. The van der Waals surface area contributed by atoms with E-state index in [-0.39, 0.29) is 5.56 Å². The van der Waals surface area contributed by atoms with Crippen molar-refractivity contribution in [2.45, 2.75) is 39.2 Å². The van der Waals surface area contributed by atoms with Crippen molar-refractivity contribution in [2.75, 3.05) is 5.32 Å². The quantitative estimate of drug-likeness (QED) is 0.651. The molecule has 2 atom stereocenters. The second kappa shape index (κ2) is 7.68. The van der Waals surface area contributed by atoms with Gasteiger partial charge < -0.3 is 14.5 Å². The molecule has 0 radical (unpaired) electrons. The van der Waals surface area contributed by atoms with Gasteiger partial charge >= 0.3 is 5.97 Å². The number of hydrogen-bond acceptors (Lipinski definition) is 7. The fraction of sp³-hybridized carbons (Fsp3) is 0.333. The molecule has 2 aromatic heterocycles. The number of carbonyl (C=O) groups excluding carboxylic acids is 2. The highest BCUT2D eigenvalue weighted by atomic mass is 32.1. The third-order valence-electron chi connectivity index (χ3n) is 5.08. The average Bonchev–Trinajstić information content (AvgIpc) is 3.30. The number of aromatic nitrogens is 1. The molecular weight excluding hydrogens is 390 g/mol. The Bertz CT molecular complexity index is 1140. The van der Waals surface area contributed by atoms with E-state index in [1.165, 1.54) is 24.7 Å². The lowest BCUT2D eigenvalue weighted by atomic mass is 9.88. The van der Waals surface area contributed by atoms with Gasteiger partial charge in [0.15, 0.2) is 18.1 Å². The van der Waals surface area contributed by atoms with E-state index in [1.807, 2.05) is 0 Å². The number of hydrogen-bond donors (Lipinski definition) is 1. The Hall–Kier alpha value is -3.18. The maximum absolute atomic E-state index is 12.6. The van der Waals surface area contributed by atoms with Crippen LogP contribution in [-0.4, -0.2) is 23.0 Å². The number of ether oxygens (including phenoxy) is 1. The van der Waals surface area contributed by atoms with Gasteiger partial charge in [0.2, 0.25) is 0 Å².